The summed E-state index contributed by atoms with van der Waals surface area (Å²) in [6, 6.07) is 5.89. The van der Waals surface area contributed by atoms with E-state index in [1.807, 2.05) is 19.1 Å². The Morgan fingerprint density at radius 3 is 3.15 bits per heavy atom. The minimum Gasteiger partial charge on any atom is -0.492 e. The third-order valence-electron chi connectivity index (χ3n) is 5.57. The van der Waals surface area contributed by atoms with Crippen LogP contribution < -0.4 is 9.64 Å². The van der Waals surface area contributed by atoms with Crippen LogP contribution in [-0.2, 0) is 4.74 Å². The van der Waals surface area contributed by atoms with Crippen molar-refractivity contribution in [2.45, 2.75) is 25.4 Å². The van der Waals surface area contributed by atoms with E-state index in [1.54, 1.807) is 23.2 Å². The Kier molecular flexibility index (Phi) is 3.93. The molecule has 0 radical (unpaired) electrons. The molecule has 3 aromatic rings. The van der Waals surface area contributed by atoms with Gasteiger partial charge in [0.25, 0.3) is 5.78 Å². The zero-order chi connectivity index (χ0) is 18.3. The molecular weight excluding hydrogens is 344 g/mol. The Balaban J connectivity index is 1.25. The van der Waals surface area contributed by atoms with Crippen molar-refractivity contribution in [2.75, 3.05) is 31.2 Å². The molecule has 2 aliphatic heterocycles. The number of hydrogen-bond acceptors (Lipinski definition) is 7. The number of ether oxygens (including phenoxy) is 2. The van der Waals surface area contributed by atoms with Crippen LogP contribution in [0.15, 0.2) is 36.9 Å². The van der Waals surface area contributed by atoms with Crippen LogP contribution in [0, 0.1) is 12.8 Å². The SMILES string of the molecule is Cc1cc(N2CC3(C2)OCC[C@H]3CCOc2cccnc2)n2ncnc2n1. The van der Waals surface area contributed by atoms with Gasteiger partial charge in [-0.05, 0) is 37.8 Å². The smallest absolute Gasteiger partial charge is 0.254 e. The monoisotopic (exact) mass is 366 g/mol. The zero-order valence-electron chi connectivity index (χ0n) is 15.3. The van der Waals surface area contributed by atoms with E-state index in [9.17, 15) is 0 Å². The lowest BCUT2D eigenvalue weighted by molar-refractivity contribution is -0.0479. The molecule has 2 aliphatic rings. The molecule has 0 saturated carbocycles. The van der Waals surface area contributed by atoms with Crippen LogP contribution in [0.25, 0.3) is 5.78 Å². The van der Waals surface area contributed by atoms with Crippen molar-refractivity contribution in [3.63, 3.8) is 0 Å². The maximum absolute atomic E-state index is 6.20. The van der Waals surface area contributed by atoms with Gasteiger partial charge >= 0.3 is 0 Å². The van der Waals surface area contributed by atoms with Gasteiger partial charge in [0.1, 0.15) is 23.5 Å². The molecule has 1 atom stereocenters. The van der Waals surface area contributed by atoms with Crippen molar-refractivity contribution in [3.05, 3.63) is 42.6 Å². The van der Waals surface area contributed by atoms with Crippen LogP contribution >= 0.6 is 0 Å². The van der Waals surface area contributed by atoms with Gasteiger partial charge in [0, 0.05) is 24.6 Å². The average molecular weight is 366 g/mol. The average Bonchev–Trinajstić information content (AvgIpc) is 3.27. The van der Waals surface area contributed by atoms with E-state index < -0.39 is 0 Å². The van der Waals surface area contributed by atoms with Crippen LogP contribution in [0.2, 0.25) is 0 Å². The minimum absolute atomic E-state index is 0.0810. The van der Waals surface area contributed by atoms with Crippen LogP contribution in [0.4, 0.5) is 5.82 Å². The fourth-order valence-electron chi connectivity index (χ4n) is 4.19. The van der Waals surface area contributed by atoms with E-state index in [0.717, 1.165) is 49.8 Å². The molecule has 3 aromatic heterocycles. The quantitative estimate of drug-likeness (QED) is 0.682. The summed E-state index contributed by atoms with van der Waals surface area (Å²) < 4.78 is 13.8. The second-order valence-corrected chi connectivity index (χ2v) is 7.31. The Morgan fingerprint density at radius 2 is 2.30 bits per heavy atom. The number of pyridine rings is 1. The van der Waals surface area contributed by atoms with E-state index >= 15 is 0 Å². The topological polar surface area (TPSA) is 77.7 Å². The van der Waals surface area contributed by atoms with E-state index in [4.69, 9.17) is 9.47 Å². The first-order valence-electron chi connectivity index (χ1n) is 9.33. The van der Waals surface area contributed by atoms with Crippen molar-refractivity contribution < 1.29 is 9.47 Å². The highest BCUT2D eigenvalue weighted by Crippen LogP contribution is 2.43. The molecule has 0 aliphatic carbocycles. The Morgan fingerprint density at radius 1 is 1.37 bits per heavy atom. The molecule has 2 fully saturated rings. The number of hydrogen-bond donors (Lipinski definition) is 0. The van der Waals surface area contributed by atoms with Crippen LogP contribution in [0.1, 0.15) is 18.5 Å². The van der Waals surface area contributed by atoms with Crippen LogP contribution in [0.5, 0.6) is 5.75 Å². The highest BCUT2D eigenvalue weighted by atomic mass is 16.5. The third kappa shape index (κ3) is 2.90. The standard InChI is InChI=1S/C19H22N6O2/c1-14-9-17(25-18(23-14)21-13-22-25)24-11-19(12-24)15(5-8-27-19)4-7-26-16-3-2-6-20-10-16/h2-3,6,9-10,13,15H,4-5,7-8,11-12H2,1H3/t15-/m1/s1. The molecule has 27 heavy (non-hydrogen) atoms. The molecule has 5 heterocycles. The minimum atomic E-state index is -0.0810. The highest BCUT2D eigenvalue weighted by molar-refractivity contribution is 5.51. The molecular formula is C19H22N6O2. The van der Waals surface area contributed by atoms with Gasteiger partial charge in [-0.2, -0.15) is 14.6 Å². The van der Waals surface area contributed by atoms with Gasteiger partial charge in [-0.25, -0.2) is 4.98 Å². The summed E-state index contributed by atoms with van der Waals surface area (Å²) in [6.07, 6.45) is 7.12. The Bertz CT molecular complexity index is 938. The van der Waals surface area contributed by atoms with Crippen molar-refractivity contribution in [1.82, 2.24) is 24.6 Å². The molecule has 1 spiro atoms. The molecule has 8 heteroatoms. The van der Waals surface area contributed by atoms with Gasteiger partial charge in [-0.15, -0.1) is 0 Å². The van der Waals surface area contributed by atoms with Crippen molar-refractivity contribution in [1.29, 1.82) is 0 Å². The number of aromatic nitrogens is 5. The summed E-state index contributed by atoms with van der Waals surface area (Å²) in [5.74, 6) is 2.99. The molecule has 5 rings (SSSR count). The number of nitrogens with zero attached hydrogens (tertiary/aromatic N) is 6. The third-order valence-corrected chi connectivity index (χ3v) is 5.57. The number of rotatable bonds is 5. The number of aryl methyl sites for hydroxylation is 1. The first-order chi connectivity index (χ1) is 13.2. The lowest BCUT2D eigenvalue weighted by Crippen LogP contribution is -2.65. The van der Waals surface area contributed by atoms with E-state index in [2.05, 4.69) is 31.0 Å². The summed E-state index contributed by atoms with van der Waals surface area (Å²) >= 11 is 0. The van der Waals surface area contributed by atoms with Gasteiger partial charge in [0.15, 0.2) is 0 Å². The van der Waals surface area contributed by atoms with E-state index in [-0.39, 0.29) is 5.60 Å². The fourth-order valence-corrected chi connectivity index (χ4v) is 4.19. The van der Waals surface area contributed by atoms with Gasteiger partial charge in [-0.1, -0.05) is 0 Å². The molecule has 0 aromatic carbocycles. The van der Waals surface area contributed by atoms with Gasteiger partial charge in [-0.3, -0.25) is 4.98 Å². The Hall–Kier alpha value is -2.74. The lowest BCUT2D eigenvalue weighted by atomic mass is 9.79. The van der Waals surface area contributed by atoms with Crippen LogP contribution in [-0.4, -0.2) is 56.5 Å². The maximum Gasteiger partial charge on any atom is 0.254 e. The molecule has 0 unspecified atom stereocenters. The van der Waals surface area contributed by atoms with E-state index in [1.165, 1.54) is 0 Å². The molecule has 8 nitrogen and oxygen atoms in total. The fraction of sp³-hybridized carbons (Fsp3) is 0.474. The highest BCUT2D eigenvalue weighted by Gasteiger charge is 2.53. The predicted molar refractivity (Wildman–Crippen MR) is 98.9 cm³/mol. The molecule has 0 N–H and O–H groups in total. The molecule has 2 saturated heterocycles. The normalized spacial score (nSPS) is 20.9. The molecule has 0 amide bonds. The number of anilines is 1. The van der Waals surface area contributed by atoms with Crippen molar-refractivity contribution in [3.8, 4) is 5.75 Å². The summed E-state index contributed by atoms with van der Waals surface area (Å²) in [6.45, 7) is 5.22. The number of fused-ring (bicyclic) bond motifs is 1. The van der Waals surface area contributed by atoms with Gasteiger partial charge in [0.05, 0.1) is 25.9 Å². The van der Waals surface area contributed by atoms with Crippen molar-refractivity contribution >= 4 is 11.6 Å². The van der Waals surface area contributed by atoms with E-state index in [0.29, 0.717) is 18.3 Å². The second-order valence-electron chi connectivity index (χ2n) is 7.31. The zero-order valence-corrected chi connectivity index (χ0v) is 15.3. The van der Waals surface area contributed by atoms with Gasteiger partial charge in [0.2, 0.25) is 0 Å². The lowest BCUT2D eigenvalue weighted by Gasteiger charge is -2.51. The first-order valence-corrected chi connectivity index (χ1v) is 9.33. The van der Waals surface area contributed by atoms with Gasteiger partial charge < -0.3 is 14.4 Å². The largest absolute Gasteiger partial charge is 0.492 e. The van der Waals surface area contributed by atoms with Crippen LogP contribution in [0.3, 0.4) is 0 Å². The summed E-state index contributed by atoms with van der Waals surface area (Å²) in [4.78, 5) is 15.0. The maximum atomic E-state index is 6.20. The summed E-state index contributed by atoms with van der Waals surface area (Å²) in [5.41, 5.74) is 0.864. The molecule has 140 valence electrons. The summed E-state index contributed by atoms with van der Waals surface area (Å²) in [5, 5.41) is 4.31. The first kappa shape index (κ1) is 16.4. The Labute approximate surface area is 157 Å². The predicted octanol–water partition coefficient (Wildman–Crippen LogP) is 1.89. The van der Waals surface area contributed by atoms with Crippen molar-refractivity contribution in [2.24, 2.45) is 5.92 Å². The second kappa shape index (κ2) is 6.45. The molecule has 0 bridgehead atoms. The summed E-state index contributed by atoms with van der Waals surface area (Å²) in [7, 11) is 0.